The first-order chi connectivity index (χ1) is 8.24. The average molecular weight is 260 g/mol. The summed E-state index contributed by atoms with van der Waals surface area (Å²) in [4.78, 5) is 0. The standard InChI is InChI=1S/C13H28O3Si/c1-5-9-10-11-12-13-17(14-6-2,15-7-3)16-8-4/h5,9H,6-8,10-13H2,1-4H3/b9-5+. The van der Waals surface area contributed by atoms with Gasteiger partial charge >= 0.3 is 8.80 Å². The van der Waals surface area contributed by atoms with Gasteiger partial charge in [-0.3, -0.25) is 0 Å². The van der Waals surface area contributed by atoms with Crippen molar-refractivity contribution in [3.8, 4) is 0 Å². The van der Waals surface area contributed by atoms with Gasteiger partial charge in [0.05, 0.1) is 0 Å². The van der Waals surface area contributed by atoms with Crippen LogP contribution in [0.25, 0.3) is 0 Å². The van der Waals surface area contributed by atoms with Crippen molar-refractivity contribution in [2.24, 2.45) is 0 Å². The third kappa shape index (κ3) is 7.71. The number of hydrogen-bond donors (Lipinski definition) is 0. The molecule has 0 aromatic rings. The molecule has 0 fully saturated rings. The quantitative estimate of drug-likeness (QED) is 0.321. The maximum Gasteiger partial charge on any atom is 0.500 e. The topological polar surface area (TPSA) is 27.7 Å². The summed E-state index contributed by atoms with van der Waals surface area (Å²) >= 11 is 0. The first-order valence-electron chi connectivity index (χ1n) is 6.77. The van der Waals surface area contributed by atoms with E-state index < -0.39 is 8.80 Å². The van der Waals surface area contributed by atoms with E-state index >= 15 is 0 Å². The van der Waals surface area contributed by atoms with Gasteiger partial charge in [0.15, 0.2) is 0 Å². The van der Waals surface area contributed by atoms with Crippen molar-refractivity contribution in [1.82, 2.24) is 0 Å². The molecule has 0 heterocycles. The van der Waals surface area contributed by atoms with E-state index in [0.717, 1.165) is 18.9 Å². The largest absolute Gasteiger partial charge is 0.500 e. The molecule has 0 radical (unpaired) electrons. The fraction of sp³-hybridized carbons (Fsp3) is 0.846. The SMILES string of the molecule is C/C=C/CCCC[Si](OCC)(OCC)OCC. The molecule has 0 amide bonds. The number of unbranched alkanes of at least 4 members (excludes halogenated alkanes) is 2. The summed E-state index contributed by atoms with van der Waals surface area (Å²) in [5, 5.41) is 0. The van der Waals surface area contributed by atoms with E-state index in [1.165, 1.54) is 6.42 Å². The van der Waals surface area contributed by atoms with E-state index in [4.69, 9.17) is 13.3 Å². The second kappa shape index (κ2) is 11.0. The third-order valence-electron chi connectivity index (χ3n) is 2.43. The first-order valence-corrected chi connectivity index (χ1v) is 8.70. The van der Waals surface area contributed by atoms with Gasteiger partial charge in [-0.2, -0.15) is 0 Å². The molecular formula is C13H28O3Si. The number of allylic oxidation sites excluding steroid dienone is 2. The van der Waals surface area contributed by atoms with Gasteiger partial charge in [-0.1, -0.05) is 12.2 Å². The van der Waals surface area contributed by atoms with Crippen LogP contribution in [-0.2, 0) is 13.3 Å². The van der Waals surface area contributed by atoms with Crippen LogP contribution in [0, 0.1) is 0 Å². The lowest BCUT2D eigenvalue weighted by atomic mass is 10.2. The van der Waals surface area contributed by atoms with E-state index in [0.29, 0.717) is 19.8 Å². The van der Waals surface area contributed by atoms with Gasteiger partial charge in [0.25, 0.3) is 0 Å². The highest BCUT2D eigenvalue weighted by Gasteiger charge is 2.39. The summed E-state index contributed by atoms with van der Waals surface area (Å²) < 4.78 is 17.4. The van der Waals surface area contributed by atoms with E-state index in [9.17, 15) is 0 Å². The van der Waals surface area contributed by atoms with Gasteiger partial charge in [0, 0.05) is 25.9 Å². The van der Waals surface area contributed by atoms with Crippen LogP contribution >= 0.6 is 0 Å². The van der Waals surface area contributed by atoms with Crippen molar-refractivity contribution in [2.75, 3.05) is 19.8 Å². The van der Waals surface area contributed by atoms with E-state index in [-0.39, 0.29) is 0 Å². The highest BCUT2D eigenvalue weighted by molar-refractivity contribution is 6.60. The number of rotatable bonds is 11. The predicted molar refractivity (Wildman–Crippen MR) is 74.1 cm³/mol. The van der Waals surface area contributed by atoms with Gasteiger partial charge in [0.2, 0.25) is 0 Å². The fourth-order valence-corrected chi connectivity index (χ4v) is 4.46. The second-order valence-corrected chi connectivity index (χ2v) is 6.53. The predicted octanol–water partition coefficient (Wildman–Crippen LogP) is 3.78. The Hall–Kier alpha value is -0.163. The molecule has 0 N–H and O–H groups in total. The molecular weight excluding hydrogens is 232 g/mol. The Balaban J connectivity index is 4.13. The molecule has 0 unspecified atom stereocenters. The Morgan fingerprint density at radius 1 is 0.882 bits per heavy atom. The molecule has 0 aliphatic carbocycles. The Morgan fingerprint density at radius 2 is 1.41 bits per heavy atom. The minimum atomic E-state index is -2.38. The molecule has 0 saturated carbocycles. The maximum atomic E-state index is 5.79. The molecule has 0 atom stereocenters. The fourth-order valence-electron chi connectivity index (χ4n) is 1.77. The Kier molecular flexibility index (Phi) is 10.9. The van der Waals surface area contributed by atoms with Crippen LogP contribution in [0.2, 0.25) is 6.04 Å². The van der Waals surface area contributed by atoms with Crippen LogP contribution in [0.3, 0.4) is 0 Å². The van der Waals surface area contributed by atoms with Gasteiger partial charge in [-0.25, -0.2) is 0 Å². The molecule has 4 heteroatoms. The first kappa shape index (κ1) is 16.8. The molecule has 102 valence electrons. The van der Waals surface area contributed by atoms with Crippen LogP contribution in [0.5, 0.6) is 0 Å². The van der Waals surface area contributed by atoms with Crippen molar-refractivity contribution in [1.29, 1.82) is 0 Å². The van der Waals surface area contributed by atoms with E-state index in [1.807, 2.05) is 20.8 Å². The minimum Gasteiger partial charge on any atom is -0.374 e. The van der Waals surface area contributed by atoms with Gasteiger partial charge in [-0.05, 0) is 47.0 Å². The lowest BCUT2D eigenvalue weighted by Crippen LogP contribution is -2.45. The summed E-state index contributed by atoms with van der Waals surface area (Å²) in [6.07, 6.45) is 7.71. The monoisotopic (exact) mass is 260 g/mol. The summed E-state index contributed by atoms with van der Waals surface area (Å²) in [5.74, 6) is 0. The lowest BCUT2D eigenvalue weighted by Gasteiger charge is -2.28. The normalized spacial score (nSPS) is 12.5. The van der Waals surface area contributed by atoms with Crippen LogP contribution in [-0.4, -0.2) is 28.6 Å². The molecule has 0 aromatic heterocycles. The molecule has 0 aromatic carbocycles. The molecule has 0 saturated heterocycles. The zero-order valence-electron chi connectivity index (χ0n) is 11.8. The van der Waals surface area contributed by atoms with Gasteiger partial charge < -0.3 is 13.3 Å². The van der Waals surface area contributed by atoms with Crippen molar-refractivity contribution in [3.05, 3.63) is 12.2 Å². The number of hydrogen-bond acceptors (Lipinski definition) is 3. The maximum absolute atomic E-state index is 5.79. The van der Waals surface area contributed by atoms with E-state index in [1.54, 1.807) is 0 Å². The smallest absolute Gasteiger partial charge is 0.374 e. The molecule has 3 nitrogen and oxygen atoms in total. The molecule has 0 bridgehead atoms. The van der Waals surface area contributed by atoms with Crippen LogP contribution in [0.4, 0.5) is 0 Å². The van der Waals surface area contributed by atoms with Crippen molar-refractivity contribution < 1.29 is 13.3 Å². The molecule has 0 rings (SSSR count). The van der Waals surface area contributed by atoms with Crippen molar-refractivity contribution in [3.63, 3.8) is 0 Å². The molecule has 0 aliphatic rings. The molecule has 0 spiro atoms. The summed E-state index contributed by atoms with van der Waals surface area (Å²) in [5.41, 5.74) is 0. The van der Waals surface area contributed by atoms with Gasteiger partial charge in [0.1, 0.15) is 0 Å². The Bertz CT molecular complexity index is 178. The molecule has 17 heavy (non-hydrogen) atoms. The van der Waals surface area contributed by atoms with Crippen molar-refractivity contribution in [2.45, 2.75) is 53.0 Å². The second-order valence-electron chi connectivity index (χ2n) is 3.80. The molecule has 0 aliphatic heterocycles. The van der Waals surface area contributed by atoms with Crippen LogP contribution in [0.15, 0.2) is 12.2 Å². The Labute approximate surface area is 108 Å². The summed E-state index contributed by atoms with van der Waals surface area (Å²) in [6.45, 7) is 10.1. The highest BCUT2D eigenvalue weighted by atomic mass is 28.4. The Morgan fingerprint density at radius 3 is 1.82 bits per heavy atom. The third-order valence-corrected chi connectivity index (χ3v) is 5.58. The average Bonchev–Trinajstić information content (AvgIpc) is 2.30. The van der Waals surface area contributed by atoms with E-state index in [2.05, 4.69) is 19.1 Å². The minimum absolute atomic E-state index is 0.668. The van der Waals surface area contributed by atoms with Crippen LogP contribution < -0.4 is 0 Å². The summed E-state index contributed by atoms with van der Waals surface area (Å²) in [7, 11) is -2.38. The van der Waals surface area contributed by atoms with Gasteiger partial charge in [-0.15, -0.1) is 0 Å². The zero-order valence-corrected chi connectivity index (χ0v) is 12.8. The highest BCUT2D eigenvalue weighted by Crippen LogP contribution is 2.19. The van der Waals surface area contributed by atoms with Crippen molar-refractivity contribution >= 4 is 8.80 Å². The lowest BCUT2D eigenvalue weighted by molar-refractivity contribution is 0.0707. The summed E-state index contributed by atoms with van der Waals surface area (Å²) in [6, 6.07) is 0.931. The van der Waals surface area contributed by atoms with Crippen LogP contribution in [0.1, 0.15) is 47.0 Å². The zero-order chi connectivity index (χ0) is 13.0.